The third kappa shape index (κ3) is 4.35. The quantitative estimate of drug-likeness (QED) is 0.503. The van der Waals surface area contributed by atoms with Gasteiger partial charge in [0.1, 0.15) is 5.75 Å². The van der Waals surface area contributed by atoms with E-state index in [0.29, 0.717) is 5.69 Å². The highest BCUT2D eigenvalue weighted by Gasteiger charge is 2.08. The topological polar surface area (TPSA) is 68.4 Å². The van der Waals surface area contributed by atoms with Gasteiger partial charge in [0, 0.05) is 12.3 Å². The lowest BCUT2D eigenvalue weighted by atomic mass is 10.2. The minimum absolute atomic E-state index is 0.272. The van der Waals surface area contributed by atoms with Crippen LogP contribution in [0.15, 0.2) is 48.7 Å². The number of benzene rings is 1. The Bertz CT molecular complexity index is 627. The van der Waals surface area contributed by atoms with Gasteiger partial charge in [-0.05, 0) is 35.9 Å². The van der Waals surface area contributed by atoms with Crippen LogP contribution in [0.3, 0.4) is 0 Å². The van der Waals surface area contributed by atoms with Gasteiger partial charge in [0.15, 0.2) is 6.61 Å². The van der Waals surface area contributed by atoms with Gasteiger partial charge in [0.25, 0.3) is 0 Å². The summed E-state index contributed by atoms with van der Waals surface area (Å²) in [4.78, 5) is 25.9. The number of aromatic nitrogens is 1. The van der Waals surface area contributed by atoms with Crippen molar-refractivity contribution in [2.75, 3.05) is 13.7 Å². The van der Waals surface area contributed by atoms with Crippen molar-refractivity contribution in [1.82, 2.24) is 4.98 Å². The molecule has 0 spiro atoms. The van der Waals surface area contributed by atoms with Gasteiger partial charge in [0.2, 0.25) is 5.78 Å². The van der Waals surface area contributed by atoms with Crippen LogP contribution in [0.4, 0.5) is 0 Å². The monoisotopic (exact) mass is 285 g/mol. The lowest BCUT2D eigenvalue weighted by molar-refractivity contribution is -0.136. The Balaban J connectivity index is 1.83. The molecule has 5 nitrogen and oxygen atoms in total. The highest BCUT2D eigenvalue weighted by molar-refractivity contribution is 5.97. The largest absolute Gasteiger partial charge is 0.497 e. The molecule has 0 atom stereocenters. The number of carbonyl (C=O) groups excluding carboxylic acids is 2. The average molecular weight is 285 g/mol. The number of esters is 1. The summed E-state index contributed by atoms with van der Waals surface area (Å²) in [5.74, 6) is -0.0943. The Morgan fingerprint density at radius 2 is 1.95 bits per heavy atom. The first-order valence-electron chi connectivity index (χ1n) is 6.34. The van der Waals surface area contributed by atoms with Crippen LogP contribution < -0.4 is 4.74 Å². The molecular formula is C16H15NO4. The Morgan fingerprint density at radius 3 is 2.57 bits per heavy atom. The summed E-state index contributed by atoms with van der Waals surface area (Å²) in [5, 5.41) is 0. The van der Waals surface area contributed by atoms with Gasteiger partial charge < -0.3 is 14.5 Å². The van der Waals surface area contributed by atoms with E-state index in [1.165, 1.54) is 6.08 Å². The molecule has 108 valence electrons. The van der Waals surface area contributed by atoms with Crippen LogP contribution in [-0.4, -0.2) is 30.5 Å². The SMILES string of the molecule is COc1ccc(C=CC(=O)OCC(=O)c2ccc[nH]2)cc1. The molecule has 0 bridgehead atoms. The molecule has 0 fully saturated rings. The predicted molar refractivity (Wildman–Crippen MR) is 78.1 cm³/mol. The summed E-state index contributed by atoms with van der Waals surface area (Å²) < 4.78 is 9.91. The zero-order chi connectivity index (χ0) is 15.1. The van der Waals surface area contributed by atoms with Crippen LogP contribution in [-0.2, 0) is 9.53 Å². The molecular weight excluding hydrogens is 270 g/mol. The minimum Gasteiger partial charge on any atom is -0.497 e. The average Bonchev–Trinajstić information content (AvgIpc) is 3.05. The third-order valence-electron chi connectivity index (χ3n) is 2.77. The molecule has 1 aromatic carbocycles. The number of hydrogen-bond donors (Lipinski definition) is 1. The van der Waals surface area contributed by atoms with Crippen LogP contribution in [0, 0.1) is 0 Å². The molecule has 0 aliphatic rings. The number of nitrogens with one attached hydrogen (secondary N) is 1. The van der Waals surface area contributed by atoms with Gasteiger partial charge in [-0.1, -0.05) is 12.1 Å². The van der Waals surface area contributed by atoms with E-state index in [0.717, 1.165) is 11.3 Å². The fourth-order valence-corrected chi connectivity index (χ4v) is 1.65. The van der Waals surface area contributed by atoms with Gasteiger partial charge >= 0.3 is 5.97 Å². The van der Waals surface area contributed by atoms with E-state index >= 15 is 0 Å². The number of hydrogen-bond acceptors (Lipinski definition) is 4. The van der Waals surface area contributed by atoms with Crippen LogP contribution in [0.25, 0.3) is 6.08 Å². The number of aromatic amines is 1. The fourth-order valence-electron chi connectivity index (χ4n) is 1.65. The van der Waals surface area contributed by atoms with Crippen molar-refractivity contribution in [2.45, 2.75) is 0 Å². The number of H-pyrrole nitrogens is 1. The van der Waals surface area contributed by atoms with Crippen molar-refractivity contribution >= 4 is 17.8 Å². The van der Waals surface area contributed by atoms with Crippen molar-refractivity contribution in [1.29, 1.82) is 0 Å². The summed E-state index contributed by atoms with van der Waals surface area (Å²) in [7, 11) is 1.59. The molecule has 0 saturated heterocycles. The Hall–Kier alpha value is -2.82. The van der Waals surface area contributed by atoms with Gasteiger partial charge in [-0.15, -0.1) is 0 Å². The summed E-state index contributed by atoms with van der Waals surface area (Å²) in [6.07, 6.45) is 4.53. The second-order valence-electron chi connectivity index (χ2n) is 4.22. The molecule has 2 aromatic rings. The Morgan fingerprint density at radius 1 is 1.19 bits per heavy atom. The summed E-state index contributed by atoms with van der Waals surface area (Å²) >= 11 is 0. The van der Waals surface area contributed by atoms with Gasteiger partial charge in [0.05, 0.1) is 12.8 Å². The van der Waals surface area contributed by atoms with E-state index in [9.17, 15) is 9.59 Å². The van der Waals surface area contributed by atoms with E-state index in [4.69, 9.17) is 9.47 Å². The number of Topliss-reactive ketones (excluding diaryl/α,β-unsaturated/α-hetero) is 1. The van der Waals surface area contributed by atoms with Crippen LogP contribution in [0.2, 0.25) is 0 Å². The first kappa shape index (κ1) is 14.6. The molecule has 0 unspecified atom stereocenters. The maximum Gasteiger partial charge on any atom is 0.331 e. The second-order valence-corrected chi connectivity index (χ2v) is 4.22. The molecule has 2 rings (SSSR count). The van der Waals surface area contributed by atoms with E-state index in [1.807, 2.05) is 12.1 Å². The first-order chi connectivity index (χ1) is 10.2. The molecule has 21 heavy (non-hydrogen) atoms. The fraction of sp³-hybridized carbons (Fsp3) is 0.125. The number of carbonyl (C=O) groups is 2. The Labute approximate surface area is 122 Å². The Kier molecular flexibility index (Phi) is 4.93. The highest BCUT2D eigenvalue weighted by Crippen LogP contribution is 2.12. The van der Waals surface area contributed by atoms with E-state index in [1.54, 1.807) is 43.6 Å². The van der Waals surface area contributed by atoms with Gasteiger partial charge in [-0.2, -0.15) is 0 Å². The van der Waals surface area contributed by atoms with Gasteiger partial charge in [-0.25, -0.2) is 4.79 Å². The summed E-state index contributed by atoms with van der Waals surface area (Å²) in [6, 6.07) is 10.5. The van der Waals surface area contributed by atoms with Crippen LogP contribution >= 0.6 is 0 Å². The van der Waals surface area contributed by atoms with E-state index in [-0.39, 0.29) is 12.4 Å². The number of rotatable bonds is 6. The number of methoxy groups -OCH3 is 1. The predicted octanol–water partition coefficient (Wildman–Crippen LogP) is 2.46. The molecule has 1 aromatic heterocycles. The highest BCUT2D eigenvalue weighted by atomic mass is 16.5. The van der Waals surface area contributed by atoms with Crippen molar-refractivity contribution in [2.24, 2.45) is 0 Å². The molecule has 1 N–H and O–H groups in total. The van der Waals surface area contributed by atoms with E-state index in [2.05, 4.69) is 4.98 Å². The van der Waals surface area contributed by atoms with Crippen molar-refractivity contribution in [3.05, 3.63) is 59.9 Å². The maximum atomic E-state index is 11.6. The maximum absolute atomic E-state index is 11.6. The van der Waals surface area contributed by atoms with Gasteiger partial charge in [-0.3, -0.25) is 4.79 Å². The summed E-state index contributed by atoms with van der Waals surface area (Å²) in [5.41, 5.74) is 1.25. The first-order valence-corrected chi connectivity index (χ1v) is 6.34. The zero-order valence-electron chi connectivity index (χ0n) is 11.5. The van der Waals surface area contributed by atoms with Crippen LogP contribution in [0.1, 0.15) is 16.1 Å². The molecule has 1 heterocycles. The third-order valence-corrected chi connectivity index (χ3v) is 2.77. The summed E-state index contributed by atoms with van der Waals surface area (Å²) in [6.45, 7) is -0.285. The second kappa shape index (κ2) is 7.09. The molecule has 0 radical (unpaired) electrons. The lowest BCUT2D eigenvalue weighted by Crippen LogP contribution is -2.12. The normalized spacial score (nSPS) is 10.5. The molecule has 0 aliphatic heterocycles. The minimum atomic E-state index is -0.564. The molecule has 0 aliphatic carbocycles. The van der Waals surface area contributed by atoms with E-state index < -0.39 is 5.97 Å². The van der Waals surface area contributed by atoms with Crippen molar-refractivity contribution < 1.29 is 19.1 Å². The lowest BCUT2D eigenvalue weighted by Gasteiger charge is -2.00. The number of ketones is 1. The zero-order valence-corrected chi connectivity index (χ0v) is 11.5. The molecule has 0 amide bonds. The smallest absolute Gasteiger partial charge is 0.331 e. The molecule has 0 saturated carbocycles. The van der Waals surface area contributed by atoms with Crippen LogP contribution in [0.5, 0.6) is 5.75 Å². The van der Waals surface area contributed by atoms with Crippen molar-refractivity contribution in [3.63, 3.8) is 0 Å². The van der Waals surface area contributed by atoms with Crippen molar-refractivity contribution in [3.8, 4) is 5.75 Å². The number of ether oxygens (including phenoxy) is 2. The standard InChI is InChI=1S/C16H15NO4/c1-20-13-7-4-12(5-8-13)6-9-16(19)21-11-15(18)14-3-2-10-17-14/h2-10,17H,11H2,1H3. The molecule has 5 heteroatoms.